The largest absolute Gasteiger partial charge is 0.491 e. The van der Waals surface area contributed by atoms with Crippen molar-refractivity contribution in [1.82, 2.24) is 5.32 Å². The first-order valence-corrected chi connectivity index (χ1v) is 7.11. The van der Waals surface area contributed by atoms with Crippen molar-refractivity contribution < 1.29 is 18.7 Å². The van der Waals surface area contributed by atoms with E-state index in [1.54, 1.807) is 19.1 Å². The Kier molecular flexibility index (Phi) is 7.06. The summed E-state index contributed by atoms with van der Waals surface area (Å²) in [6.07, 6.45) is 0.993. The van der Waals surface area contributed by atoms with Crippen LogP contribution in [-0.2, 0) is 16.1 Å². The number of hydrogen-bond acceptors (Lipinski definition) is 4. The van der Waals surface area contributed by atoms with Gasteiger partial charge in [0, 0.05) is 19.8 Å². The third kappa shape index (κ3) is 4.56. The second-order valence-corrected chi connectivity index (χ2v) is 5.15. The van der Waals surface area contributed by atoms with Crippen LogP contribution in [0.2, 0.25) is 0 Å². The van der Waals surface area contributed by atoms with Gasteiger partial charge >= 0.3 is 0 Å². The minimum Gasteiger partial charge on any atom is -0.491 e. The topological polar surface area (TPSA) is 73.6 Å². The number of carbonyl (C=O) groups excluding carboxylic acids is 1. The lowest BCUT2D eigenvalue weighted by molar-refractivity contribution is -0.129. The predicted octanol–water partition coefficient (Wildman–Crippen LogP) is 1.77. The third-order valence-corrected chi connectivity index (χ3v) is 3.59. The highest BCUT2D eigenvalue weighted by atomic mass is 35.5. The Morgan fingerprint density at radius 2 is 2.14 bits per heavy atom. The third-order valence-electron chi connectivity index (χ3n) is 3.59. The minimum absolute atomic E-state index is 0. The van der Waals surface area contributed by atoms with E-state index in [0.29, 0.717) is 38.2 Å². The van der Waals surface area contributed by atoms with Gasteiger partial charge in [-0.25, -0.2) is 4.39 Å². The number of rotatable bonds is 5. The highest BCUT2D eigenvalue weighted by Gasteiger charge is 2.35. The van der Waals surface area contributed by atoms with Crippen molar-refractivity contribution in [1.29, 1.82) is 0 Å². The molecule has 1 aromatic carbocycles. The van der Waals surface area contributed by atoms with Crippen molar-refractivity contribution in [3.05, 3.63) is 29.6 Å². The van der Waals surface area contributed by atoms with Crippen LogP contribution in [0, 0.1) is 5.82 Å². The van der Waals surface area contributed by atoms with Crippen LogP contribution >= 0.6 is 12.4 Å². The lowest BCUT2D eigenvalue weighted by atomic mass is 9.90. The molecule has 124 valence electrons. The number of carbonyl (C=O) groups is 1. The summed E-state index contributed by atoms with van der Waals surface area (Å²) in [5.74, 6) is -0.440. The molecule has 1 fully saturated rings. The second-order valence-electron chi connectivity index (χ2n) is 5.15. The number of amides is 1. The fraction of sp³-hybridized carbons (Fsp3) is 0.533. The molecule has 1 heterocycles. The van der Waals surface area contributed by atoms with Crippen molar-refractivity contribution in [3.63, 3.8) is 0 Å². The maximum Gasteiger partial charge on any atom is 0.240 e. The fourth-order valence-electron chi connectivity index (χ4n) is 2.25. The van der Waals surface area contributed by atoms with E-state index in [2.05, 4.69) is 5.32 Å². The highest BCUT2D eigenvalue weighted by molar-refractivity contribution is 5.86. The Morgan fingerprint density at radius 3 is 2.73 bits per heavy atom. The Bertz CT molecular complexity index is 508. The van der Waals surface area contributed by atoms with Gasteiger partial charge in [0.15, 0.2) is 11.6 Å². The van der Waals surface area contributed by atoms with Crippen LogP contribution in [0.1, 0.15) is 25.3 Å². The van der Waals surface area contributed by atoms with Gasteiger partial charge in [0.1, 0.15) is 0 Å². The summed E-state index contributed by atoms with van der Waals surface area (Å²) >= 11 is 0. The van der Waals surface area contributed by atoms with Crippen LogP contribution in [0.15, 0.2) is 18.2 Å². The molecule has 1 amide bonds. The average Bonchev–Trinajstić information content (AvgIpc) is 2.48. The van der Waals surface area contributed by atoms with Crippen molar-refractivity contribution in [3.8, 4) is 5.75 Å². The summed E-state index contributed by atoms with van der Waals surface area (Å²) < 4.78 is 24.1. The normalized spacial score (nSPS) is 16.5. The second kappa shape index (κ2) is 8.31. The first-order chi connectivity index (χ1) is 10.0. The number of nitrogens with one attached hydrogen (secondary N) is 1. The number of hydrogen-bond donors (Lipinski definition) is 2. The van der Waals surface area contributed by atoms with Crippen molar-refractivity contribution in [2.24, 2.45) is 5.73 Å². The predicted molar refractivity (Wildman–Crippen MR) is 83.6 cm³/mol. The first-order valence-electron chi connectivity index (χ1n) is 7.11. The molecule has 0 aromatic heterocycles. The van der Waals surface area contributed by atoms with E-state index in [0.717, 1.165) is 0 Å². The summed E-state index contributed by atoms with van der Waals surface area (Å²) in [4.78, 5) is 12.1. The SMILES string of the molecule is CCOc1ccc(CNC(=O)C2(N)CCOCC2)cc1F.Cl. The fourth-order valence-corrected chi connectivity index (χ4v) is 2.25. The standard InChI is InChI=1S/C15H21FN2O3.ClH/c1-2-21-13-4-3-11(9-12(13)16)10-18-14(19)15(17)5-7-20-8-6-15;/h3-4,9H,2,5-8,10,17H2,1H3,(H,18,19);1H. The van der Waals surface area contributed by atoms with E-state index in [1.165, 1.54) is 6.07 Å². The molecular formula is C15H22ClFN2O3. The van der Waals surface area contributed by atoms with Gasteiger partial charge in [-0.05, 0) is 37.5 Å². The maximum atomic E-state index is 13.7. The number of halogens is 2. The number of benzene rings is 1. The van der Waals surface area contributed by atoms with Gasteiger partial charge in [0.2, 0.25) is 5.91 Å². The maximum absolute atomic E-state index is 13.7. The Hall–Kier alpha value is -1.37. The molecule has 1 saturated heterocycles. The van der Waals surface area contributed by atoms with Crippen LogP contribution in [0.3, 0.4) is 0 Å². The highest BCUT2D eigenvalue weighted by Crippen LogP contribution is 2.20. The molecule has 2 rings (SSSR count). The van der Waals surface area contributed by atoms with Crippen LogP contribution in [0.25, 0.3) is 0 Å². The molecule has 0 bridgehead atoms. The molecule has 0 atom stereocenters. The van der Waals surface area contributed by atoms with Gasteiger partial charge in [0.05, 0.1) is 12.1 Å². The molecule has 0 spiro atoms. The minimum atomic E-state index is -0.887. The van der Waals surface area contributed by atoms with Gasteiger partial charge in [-0.15, -0.1) is 12.4 Å². The summed E-state index contributed by atoms with van der Waals surface area (Å²) in [5.41, 5.74) is 5.85. The Labute approximate surface area is 135 Å². The molecule has 1 aliphatic heterocycles. The molecule has 0 radical (unpaired) electrons. The van der Waals surface area contributed by atoms with Gasteiger partial charge in [-0.3, -0.25) is 4.79 Å². The molecule has 0 saturated carbocycles. The summed E-state index contributed by atoms with van der Waals surface area (Å²) in [5, 5.41) is 2.76. The molecule has 0 unspecified atom stereocenters. The first kappa shape index (κ1) is 18.7. The van der Waals surface area contributed by atoms with Crippen LogP contribution in [0.5, 0.6) is 5.75 Å². The molecule has 3 N–H and O–H groups in total. The monoisotopic (exact) mass is 332 g/mol. The lowest BCUT2D eigenvalue weighted by Crippen LogP contribution is -2.56. The van der Waals surface area contributed by atoms with Crippen LogP contribution in [-0.4, -0.2) is 31.3 Å². The summed E-state index contributed by atoms with van der Waals surface area (Å²) in [6, 6.07) is 4.65. The zero-order valence-corrected chi connectivity index (χ0v) is 13.4. The molecule has 0 aliphatic carbocycles. The van der Waals surface area contributed by atoms with Gasteiger partial charge < -0.3 is 20.5 Å². The van der Waals surface area contributed by atoms with E-state index >= 15 is 0 Å². The van der Waals surface area contributed by atoms with E-state index < -0.39 is 11.4 Å². The van der Waals surface area contributed by atoms with Crippen molar-refractivity contribution >= 4 is 18.3 Å². The number of nitrogens with two attached hydrogens (primary N) is 1. The van der Waals surface area contributed by atoms with Crippen molar-refractivity contribution in [2.45, 2.75) is 31.8 Å². The molecular weight excluding hydrogens is 311 g/mol. The Balaban J connectivity index is 0.00000242. The van der Waals surface area contributed by atoms with E-state index in [9.17, 15) is 9.18 Å². The van der Waals surface area contributed by atoms with Gasteiger partial charge in [-0.1, -0.05) is 6.07 Å². The van der Waals surface area contributed by atoms with E-state index in [-0.39, 0.29) is 30.6 Å². The average molecular weight is 333 g/mol. The molecule has 7 heteroatoms. The van der Waals surface area contributed by atoms with Crippen LogP contribution < -0.4 is 15.8 Å². The smallest absolute Gasteiger partial charge is 0.240 e. The zero-order chi connectivity index (χ0) is 15.3. The number of ether oxygens (including phenoxy) is 2. The van der Waals surface area contributed by atoms with E-state index in [4.69, 9.17) is 15.2 Å². The summed E-state index contributed by atoms with van der Waals surface area (Å²) in [7, 11) is 0. The Morgan fingerprint density at radius 1 is 1.45 bits per heavy atom. The van der Waals surface area contributed by atoms with Crippen molar-refractivity contribution in [2.75, 3.05) is 19.8 Å². The van der Waals surface area contributed by atoms with Gasteiger partial charge in [0.25, 0.3) is 0 Å². The lowest BCUT2D eigenvalue weighted by Gasteiger charge is -2.31. The van der Waals surface area contributed by atoms with Crippen LogP contribution in [0.4, 0.5) is 4.39 Å². The zero-order valence-electron chi connectivity index (χ0n) is 12.6. The van der Waals surface area contributed by atoms with E-state index in [1.807, 2.05) is 0 Å². The molecule has 1 aliphatic rings. The van der Waals surface area contributed by atoms with Gasteiger partial charge in [-0.2, -0.15) is 0 Å². The quantitative estimate of drug-likeness (QED) is 0.862. The molecule has 22 heavy (non-hydrogen) atoms. The summed E-state index contributed by atoms with van der Waals surface area (Å²) in [6.45, 7) is 3.41. The molecule has 5 nitrogen and oxygen atoms in total. The molecule has 1 aromatic rings.